The minimum Gasteiger partial charge on any atom is -0.465 e. The molecule has 114 valence electrons. The number of methoxy groups -OCH3 is 1. The average molecular weight is 313 g/mol. The van der Waals surface area contributed by atoms with E-state index < -0.39 is 5.97 Å². The molecular formula is C14H17ClN2O4. The molecule has 21 heavy (non-hydrogen) atoms. The highest BCUT2D eigenvalue weighted by Gasteiger charge is 2.28. The van der Waals surface area contributed by atoms with Crippen LogP contribution in [0.5, 0.6) is 0 Å². The van der Waals surface area contributed by atoms with Crippen LogP contribution in [0.1, 0.15) is 28.9 Å². The summed E-state index contributed by atoms with van der Waals surface area (Å²) in [5.41, 5.74) is 1.17. The number of carbonyl (C=O) groups excluding carboxylic acids is 2. The molecular weight excluding hydrogens is 296 g/mol. The molecule has 0 aromatic heterocycles. The van der Waals surface area contributed by atoms with Crippen LogP contribution in [0.15, 0.2) is 18.2 Å². The fraction of sp³-hybridized carbons (Fsp3) is 0.429. The molecule has 1 atom stereocenters. The second kappa shape index (κ2) is 6.89. The van der Waals surface area contributed by atoms with E-state index in [9.17, 15) is 9.59 Å². The van der Waals surface area contributed by atoms with E-state index in [1.807, 2.05) is 0 Å². The van der Waals surface area contributed by atoms with Crippen molar-refractivity contribution in [3.05, 3.63) is 34.3 Å². The quantitative estimate of drug-likeness (QED) is 0.854. The van der Waals surface area contributed by atoms with E-state index in [1.165, 1.54) is 14.0 Å². The van der Waals surface area contributed by atoms with Gasteiger partial charge in [-0.05, 0) is 17.7 Å². The Morgan fingerprint density at radius 2 is 2.19 bits per heavy atom. The van der Waals surface area contributed by atoms with Crippen LogP contribution in [0.3, 0.4) is 0 Å². The number of halogens is 1. The first-order valence-corrected chi connectivity index (χ1v) is 6.94. The maximum absolute atomic E-state index is 11.5. The van der Waals surface area contributed by atoms with Crippen LogP contribution < -0.4 is 5.32 Å². The van der Waals surface area contributed by atoms with Crippen molar-refractivity contribution in [2.75, 3.05) is 26.7 Å². The average Bonchev–Trinajstić information content (AvgIpc) is 2.46. The topological polar surface area (TPSA) is 67.9 Å². The zero-order chi connectivity index (χ0) is 15.4. The van der Waals surface area contributed by atoms with Gasteiger partial charge in [0.2, 0.25) is 0 Å². The summed E-state index contributed by atoms with van der Waals surface area (Å²) in [5.74, 6) is -0.814. The number of nitrogens with one attached hydrogen (secondary N) is 1. The number of hydroxylamine groups is 2. The van der Waals surface area contributed by atoms with Gasteiger partial charge >= 0.3 is 11.9 Å². The second-order valence-corrected chi connectivity index (χ2v) is 5.08. The van der Waals surface area contributed by atoms with Gasteiger partial charge in [-0.25, -0.2) is 4.79 Å². The summed E-state index contributed by atoms with van der Waals surface area (Å²) in [7, 11) is 1.32. The first-order chi connectivity index (χ1) is 10.0. The van der Waals surface area contributed by atoms with E-state index in [0.717, 1.165) is 12.1 Å². The fourth-order valence-electron chi connectivity index (χ4n) is 2.27. The maximum atomic E-state index is 11.5. The van der Waals surface area contributed by atoms with E-state index in [0.29, 0.717) is 23.7 Å². The molecule has 0 radical (unpaired) electrons. The summed E-state index contributed by atoms with van der Waals surface area (Å²) in [6.07, 6.45) is 0. The lowest BCUT2D eigenvalue weighted by atomic mass is 10.0. The molecule has 6 nitrogen and oxygen atoms in total. The number of piperazine rings is 1. The monoisotopic (exact) mass is 312 g/mol. The van der Waals surface area contributed by atoms with Gasteiger partial charge < -0.3 is 14.9 Å². The highest BCUT2D eigenvalue weighted by Crippen LogP contribution is 2.29. The normalized spacial score (nSPS) is 19.1. The molecule has 0 saturated carbocycles. The first kappa shape index (κ1) is 15.8. The largest absolute Gasteiger partial charge is 0.465 e. The van der Waals surface area contributed by atoms with Gasteiger partial charge in [0.05, 0.1) is 18.7 Å². The molecule has 1 saturated heterocycles. The summed E-state index contributed by atoms with van der Waals surface area (Å²) < 4.78 is 4.66. The van der Waals surface area contributed by atoms with E-state index in [1.54, 1.807) is 23.3 Å². The number of hydrogen-bond acceptors (Lipinski definition) is 6. The standard InChI is InChI=1S/C14H17ClN2O4/c1-9(18)21-17-6-5-16-8-13(17)11-4-3-10(7-12(11)15)14(19)20-2/h3-4,7,13,16H,5-6,8H2,1-2H3. The van der Waals surface area contributed by atoms with Crippen molar-refractivity contribution in [1.82, 2.24) is 10.4 Å². The highest BCUT2D eigenvalue weighted by atomic mass is 35.5. The fourth-order valence-corrected chi connectivity index (χ4v) is 2.57. The number of nitrogens with zero attached hydrogens (tertiary/aromatic N) is 1. The summed E-state index contributed by atoms with van der Waals surface area (Å²) in [5, 5.41) is 5.27. The van der Waals surface area contributed by atoms with Crippen LogP contribution in [0, 0.1) is 0 Å². The molecule has 7 heteroatoms. The molecule has 1 aromatic rings. The van der Waals surface area contributed by atoms with Crippen molar-refractivity contribution in [3.63, 3.8) is 0 Å². The van der Waals surface area contributed by atoms with Gasteiger partial charge in [-0.1, -0.05) is 17.7 Å². The number of carbonyl (C=O) groups is 2. The third-order valence-electron chi connectivity index (χ3n) is 3.22. The summed E-state index contributed by atoms with van der Waals surface area (Å²) in [6.45, 7) is 3.26. The van der Waals surface area contributed by atoms with E-state index in [2.05, 4.69) is 10.1 Å². The molecule has 0 bridgehead atoms. The van der Waals surface area contributed by atoms with Crippen LogP contribution in [-0.4, -0.2) is 43.7 Å². The lowest BCUT2D eigenvalue weighted by Gasteiger charge is -2.34. The molecule has 0 spiro atoms. The molecule has 1 N–H and O–H groups in total. The molecule has 1 heterocycles. The van der Waals surface area contributed by atoms with Crippen LogP contribution in [0.25, 0.3) is 0 Å². The Morgan fingerprint density at radius 3 is 2.81 bits per heavy atom. The Bertz CT molecular complexity index is 550. The van der Waals surface area contributed by atoms with Crippen molar-refractivity contribution >= 4 is 23.5 Å². The Labute approximate surface area is 127 Å². The lowest BCUT2D eigenvalue weighted by molar-refractivity contribution is -0.204. The molecule has 0 amide bonds. The second-order valence-electron chi connectivity index (χ2n) is 4.67. The molecule has 1 aliphatic heterocycles. The van der Waals surface area contributed by atoms with Crippen LogP contribution in [0.2, 0.25) is 5.02 Å². The van der Waals surface area contributed by atoms with E-state index >= 15 is 0 Å². The van der Waals surface area contributed by atoms with E-state index in [-0.39, 0.29) is 12.0 Å². The third-order valence-corrected chi connectivity index (χ3v) is 3.55. The van der Waals surface area contributed by atoms with Crippen LogP contribution >= 0.6 is 11.6 Å². The predicted molar refractivity (Wildman–Crippen MR) is 76.9 cm³/mol. The SMILES string of the molecule is COC(=O)c1ccc(C2CNCCN2OC(C)=O)c(Cl)c1. The van der Waals surface area contributed by atoms with Gasteiger partial charge in [-0.3, -0.25) is 4.79 Å². The lowest BCUT2D eigenvalue weighted by Crippen LogP contribution is -2.46. The van der Waals surface area contributed by atoms with Crippen molar-refractivity contribution in [3.8, 4) is 0 Å². The maximum Gasteiger partial charge on any atom is 0.337 e. The first-order valence-electron chi connectivity index (χ1n) is 6.56. The predicted octanol–water partition coefficient (Wildman–Crippen LogP) is 1.55. The highest BCUT2D eigenvalue weighted by molar-refractivity contribution is 6.31. The van der Waals surface area contributed by atoms with Gasteiger partial charge in [0, 0.05) is 31.6 Å². The van der Waals surface area contributed by atoms with Crippen molar-refractivity contribution in [2.45, 2.75) is 13.0 Å². The van der Waals surface area contributed by atoms with Crippen molar-refractivity contribution in [2.24, 2.45) is 0 Å². The number of ether oxygens (including phenoxy) is 1. The smallest absolute Gasteiger partial charge is 0.337 e. The van der Waals surface area contributed by atoms with Gasteiger partial charge in [0.1, 0.15) is 0 Å². The zero-order valence-electron chi connectivity index (χ0n) is 11.9. The van der Waals surface area contributed by atoms with Gasteiger partial charge in [0.15, 0.2) is 0 Å². The van der Waals surface area contributed by atoms with Crippen LogP contribution in [-0.2, 0) is 14.4 Å². The third kappa shape index (κ3) is 3.72. The number of esters is 1. The number of benzene rings is 1. The molecule has 2 rings (SSSR count). The molecule has 1 aliphatic rings. The Morgan fingerprint density at radius 1 is 1.43 bits per heavy atom. The molecule has 0 aliphatic carbocycles. The summed E-state index contributed by atoms with van der Waals surface area (Å²) in [4.78, 5) is 27.9. The Balaban J connectivity index is 2.26. The zero-order valence-corrected chi connectivity index (χ0v) is 12.6. The minimum absolute atomic E-state index is 0.193. The molecule has 1 fully saturated rings. The number of rotatable bonds is 3. The summed E-state index contributed by atoms with van der Waals surface area (Å²) >= 11 is 6.26. The van der Waals surface area contributed by atoms with E-state index in [4.69, 9.17) is 16.4 Å². The summed E-state index contributed by atoms with van der Waals surface area (Å²) in [6, 6.07) is 4.77. The Hall–Kier alpha value is -1.63. The number of hydrogen-bond donors (Lipinski definition) is 1. The molecule has 1 aromatic carbocycles. The van der Waals surface area contributed by atoms with Crippen molar-refractivity contribution in [1.29, 1.82) is 0 Å². The van der Waals surface area contributed by atoms with Gasteiger partial charge in [-0.2, -0.15) is 0 Å². The minimum atomic E-state index is -0.443. The van der Waals surface area contributed by atoms with Crippen LogP contribution in [0.4, 0.5) is 0 Å². The van der Waals surface area contributed by atoms with Gasteiger partial charge in [-0.15, -0.1) is 5.06 Å². The van der Waals surface area contributed by atoms with Gasteiger partial charge in [0.25, 0.3) is 0 Å². The van der Waals surface area contributed by atoms with Crippen molar-refractivity contribution < 1.29 is 19.2 Å². The Kier molecular flexibility index (Phi) is 5.17. The molecule has 1 unspecified atom stereocenters.